The molecule has 1 N–H and O–H groups in total. The maximum absolute atomic E-state index is 13.2. The Hall–Kier alpha value is -1.13. The first kappa shape index (κ1) is 10.1. The van der Waals surface area contributed by atoms with Crippen molar-refractivity contribution in [2.45, 2.75) is 0 Å². The molecule has 3 rings (SSSR count). The second kappa shape index (κ2) is 3.43. The molecule has 0 aliphatic heterocycles. The third-order valence-corrected chi connectivity index (χ3v) is 3.70. The van der Waals surface area contributed by atoms with Crippen LogP contribution in [0.5, 0.6) is 0 Å². The number of rotatable bonds is 0. The minimum absolute atomic E-state index is 0.288. The molecule has 0 fully saturated rings. The van der Waals surface area contributed by atoms with E-state index in [9.17, 15) is 4.39 Å². The van der Waals surface area contributed by atoms with Gasteiger partial charge in [-0.3, -0.25) is 0 Å². The van der Waals surface area contributed by atoms with E-state index in [-0.39, 0.29) is 5.82 Å². The molecule has 2 heterocycles. The van der Waals surface area contributed by atoms with Gasteiger partial charge in [0.15, 0.2) is 0 Å². The zero-order chi connectivity index (χ0) is 11.3. The molecule has 3 aromatic rings. The lowest BCUT2D eigenvalue weighted by Gasteiger charge is -1.97. The monoisotopic (exact) mass is 298 g/mol. The van der Waals surface area contributed by atoms with E-state index in [1.807, 2.05) is 0 Å². The average Bonchev–Trinajstić information content (AvgIpc) is 2.62. The molecule has 0 radical (unpaired) electrons. The lowest BCUT2D eigenvalue weighted by Crippen LogP contribution is -1.78. The summed E-state index contributed by atoms with van der Waals surface area (Å²) in [6.45, 7) is 0. The number of pyridine rings is 1. The van der Waals surface area contributed by atoms with Crippen molar-refractivity contribution in [3.63, 3.8) is 0 Å². The van der Waals surface area contributed by atoms with Crippen molar-refractivity contribution < 1.29 is 4.39 Å². The number of benzene rings is 1. The molecule has 0 amide bonds. The Labute approximate surface area is 104 Å². The summed E-state index contributed by atoms with van der Waals surface area (Å²) < 4.78 is 13.9. The molecule has 2 aromatic heterocycles. The van der Waals surface area contributed by atoms with Crippen LogP contribution in [0.1, 0.15) is 0 Å². The quantitative estimate of drug-likeness (QED) is 0.660. The standard InChI is InChI=1S/C11H5BrClFN2/c12-7-4-15-11-9(10(7)13)6-3-5(14)1-2-8(6)16-11/h1-4H,(H,15,16). The van der Waals surface area contributed by atoms with Gasteiger partial charge >= 0.3 is 0 Å². The van der Waals surface area contributed by atoms with Gasteiger partial charge in [0.2, 0.25) is 0 Å². The zero-order valence-electron chi connectivity index (χ0n) is 7.89. The zero-order valence-corrected chi connectivity index (χ0v) is 10.2. The smallest absolute Gasteiger partial charge is 0.139 e. The predicted octanol–water partition coefficient (Wildman–Crippen LogP) is 4.27. The van der Waals surface area contributed by atoms with Gasteiger partial charge in [0.05, 0.1) is 9.50 Å². The van der Waals surface area contributed by atoms with Crippen molar-refractivity contribution in [2.24, 2.45) is 0 Å². The van der Waals surface area contributed by atoms with Crippen molar-refractivity contribution in [3.8, 4) is 0 Å². The number of nitrogens with one attached hydrogen (secondary N) is 1. The minimum atomic E-state index is -0.288. The predicted molar refractivity (Wildman–Crippen MR) is 66.3 cm³/mol. The van der Waals surface area contributed by atoms with Crippen LogP contribution in [-0.4, -0.2) is 9.97 Å². The first-order chi connectivity index (χ1) is 7.66. The fraction of sp³-hybridized carbons (Fsp3) is 0. The molecular formula is C11H5BrClFN2. The summed E-state index contributed by atoms with van der Waals surface area (Å²) >= 11 is 9.47. The number of hydrogen-bond acceptors (Lipinski definition) is 1. The van der Waals surface area contributed by atoms with E-state index < -0.39 is 0 Å². The highest BCUT2D eigenvalue weighted by Gasteiger charge is 2.11. The summed E-state index contributed by atoms with van der Waals surface area (Å²) in [6.07, 6.45) is 1.62. The molecule has 0 bridgehead atoms. The van der Waals surface area contributed by atoms with E-state index in [0.717, 1.165) is 16.3 Å². The summed E-state index contributed by atoms with van der Waals surface area (Å²) in [5, 5.41) is 2.03. The van der Waals surface area contributed by atoms with Crippen LogP contribution < -0.4 is 0 Å². The van der Waals surface area contributed by atoms with Crippen molar-refractivity contribution in [1.82, 2.24) is 9.97 Å². The molecule has 0 saturated heterocycles. The highest BCUT2D eigenvalue weighted by atomic mass is 79.9. The van der Waals surface area contributed by atoms with Gasteiger partial charge in [-0.2, -0.15) is 0 Å². The fourth-order valence-corrected chi connectivity index (χ4v) is 2.31. The number of nitrogens with zero attached hydrogens (tertiary/aromatic N) is 1. The van der Waals surface area contributed by atoms with Gasteiger partial charge in [0.1, 0.15) is 11.5 Å². The molecule has 16 heavy (non-hydrogen) atoms. The Morgan fingerprint density at radius 3 is 3.00 bits per heavy atom. The third kappa shape index (κ3) is 1.33. The topological polar surface area (TPSA) is 28.7 Å². The lowest BCUT2D eigenvalue weighted by atomic mass is 10.2. The molecule has 0 aliphatic carbocycles. The van der Waals surface area contributed by atoms with Crippen molar-refractivity contribution in [3.05, 3.63) is 39.7 Å². The van der Waals surface area contributed by atoms with Crippen molar-refractivity contribution in [1.29, 1.82) is 0 Å². The summed E-state index contributed by atoms with van der Waals surface area (Å²) in [6, 6.07) is 4.53. The van der Waals surface area contributed by atoms with E-state index in [0.29, 0.717) is 15.1 Å². The lowest BCUT2D eigenvalue weighted by molar-refractivity contribution is 0.630. The number of aromatic nitrogens is 2. The van der Waals surface area contributed by atoms with Crippen LogP contribution in [0.3, 0.4) is 0 Å². The molecule has 0 saturated carbocycles. The maximum Gasteiger partial charge on any atom is 0.139 e. The second-order valence-electron chi connectivity index (χ2n) is 3.46. The second-order valence-corrected chi connectivity index (χ2v) is 4.69. The first-order valence-corrected chi connectivity index (χ1v) is 5.75. The molecular weight excluding hydrogens is 294 g/mol. The minimum Gasteiger partial charge on any atom is -0.339 e. The van der Waals surface area contributed by atoms with Crippen LogP contribution in [0.4, 0.5) is 4.39 Å². The largest absolute Gasteiger partial charge is 0.339 e. The Kier molecular flexibility index (Phi) is 2.16. The highest BCUT2D eigenvalue weighted by Crippen LogP contribution is 2.34. The molecule has 5 heteroatoms. The maximum atomic E-state index is 13.2. The number of H-pyrrole nitrogens is 1. The van der Waals surface area contributed by atoms with Gasteiger partial charge in [-0.25, -0.2) is 9.37 Å². The molecule has 0 spiro atoms. The summed E-state index contributed by atoms with van der Waals surface area (Å²) in [4.78, 5) is 7.29. The van der Waals surface area contributed by atoms with E-state index in [2.05, 4.69) is 25.9 Å². The van der Waals surface area contributed by atoms with Gasteiger partial charge in [-0.15, -0.1) is 0 Å². The van der Waals surface area contributed by atoms with Gasteiger partial charge in [-0.1, -0.05) is 11.6 Å². The number of aromatic amines is 1. The third-order valence-electron chi connectivity index (χ3n) is 2.48. The summed E-state index contributed by atoms with van der Waals surface area (Å²) in [5.41, 5.74) is 1.48. The van der Waals surface area contributed by atoms with Crippen LogP contribution in [0, 0.1) is 5.82 Å². The number of fused-ring (bicyclic) bond motifs is 3. The van der Waals surface area contributed by atoms with Gasteiger partial charge in [0, 0.05) is 22.5 Å². The normalized spacial score (nSPS) is 11.4. The van der Waals surface area contributed by atoms with Crippen LogP contribution in [0.25, 0.3) is 21.9 Å². The molecule has 0 unspecified atom stereocenters. The Balaban J connectivity index is 2.60. The van der Waals surface area contributed by atoms with Crippen LogP contribution in [0.15, 0.2) is 28.9 Å². The van der Waals surface area contributed by atoms with Crippen LogP contribution >= 0.6 is 27.5 Å². The van der Waals surface area contributed by atoms with Gasteiger partial charge < -0.3 is 4.98 Å². The van der Waals surface area contributed by atoms with Crippen molar-refractivity contribution >= 4 is 49.5 Å². The Bertz CT molecular complexity index is 708. The first-order valence-electron chi connectivity index (χ1n) is 4.58. The van der Waals surface area contributed by atoms with E-state index >= 15 is 0 Å². The summed E-state index contributed by atoms with van der Waals surface area (Å²) in [7, 11) is 0. The molecule has 80 valence electrons. The van der Waals surface area contributed by atoms with Crippen LogP contribution in [0.2, 0.25) is 5.02 Å². The summed E-state index contributed by atoms with van der Waals surface area (Å²) in [5.74, 6) is -0.288. The fourth-order valence-electron chi connectivity index (χ4n) is 1.77. The van der Waals surface area contributed by atoms with E-state index in [1.54, 1.807) is 12.3 Å². The highest BCUT2D eigenvalue weighted by molar-refractivity contribution is 9.10. The van der Waals surface area contributed by atoms with Crippen LogP contribution in [-0.2, 0) is 0 Å². The molecule has 0 atom stereocenters. The molecule has 2 nitrogen and oxygen atoms in total. The average molecular weight is 300 g/mol. The number of halogens is 3. The Morgan fingerprint density at radius 1 is 1.38 bits per heavy atom. The van der Waals surface area contributed by atoms with E-state index in [1.165, 1.54) is 12.1 Å². The van der Waals surface area contributed by atoms with Gasteiger partial charge in [-0.05, 0) is 34.1 Å². The molecule has 1 aromatic carbocycles. The Morgan fingerprint density at radius 2 is 2.19 bits per heavy atom. The van der Waals surface area contributed by atoms with Gasteiger partial charge in [0.25, 0.3) is 0 Å². The molecule has 0 aliphatic rings. The SMILES string of the molecule is Fc1ccc2[nH]c3ncc(Br)c(Cl)c3c2c1. The number of hydrogen-bond donors (Lipinski definition) is 1. The van der Waals surface area contributed by atoms with E-state index in [4.69, 9.17) is 11.6 Å². The van der Waals surface area contributed by atoms with Crippen molar-refractivity contribution in [2.75, 3.05) is 0 Å².